The predicted molar refractivity (Wildman–Crippen MR) is 81.5 cm³/mol. The van der Waals surface area contributed by atoms with Crippen LogP contribution >= 0.6 is 27.3 Å². The number of nitrogen functional groups attached to an aromatic ring is 1. The van der Waals surface area contributed by atoms with Crippen LogP contribution in [-0.2, 0) is 6.42 Å². The normalized spacial score (nSPS) is 10.9. The molecule has 0 aliphatic rings. The molecule has 0 radical (unpaired) electrons. The van der Waals surface area contributed by atoms with Crippen molar-refractivity contribution in [3.63, 3.8) is 0 Å². The summed E-state index contributed by atoms with van der Waals surface area (Å²) in [5.41, 5.74) is 8.32. The van der Waals surface area contributed by atoms with Crippen molar-refractivity contribution in [1.29, 1.82) is 0 Å². The number of nitrogens with two attached hydrogens (primary N) is 1. The second-order valence-electron chi connectivity index (χ2n) is 4.28. The summed E-state index contributed by atoms with van der Waals surface area (Å²) < 4.78 is 6.09. The van der Waals surface area contributed by atoms with Crippen LogP contribution in [0.15, 0.2) is 32.6 Å². The Bertz CT molecular complexity index is 752. The smallest absolute Gasteiger partial charge is 0.260 e. The molecule has 2 aromatic heterocycles. The van der Waals surface area contributed by atoms with Gasteiger partial charge in [0.25, 0.3) is 5.89 Å². The van der Waals surface area contributed by atoms with Gasteiger partial charge >= 0.3 is 0 Å². The highest BCUT2D eigenvalue weighted by Gasteiger charge is 2.14. The van der Waals surface area contributed by atoms with Gasteiger partial charge in [0.2, 0.25) is 0 Å². The SMILES string of the molecule is Cc1csc(Cc2noc(-c3cccc(Br)c3N)n2)n1. The molecule has 2 heterocycles. The number of anilines is 1. The van der Waals surface area contributed by atoms with Gasteiger partial charge in [0.15, 0.2) is 5.82 Å². The van der Waals surface area contributed by atoms with E-state index in [1.54, 1.807) is 11.3 Å². The van der Waals surface area contributed by atoms with Crippen molar-refractivity contribution < 1.29 is 4.52 Å². The highest BCUT2D eigenvalue weighted by atomic mass is 79.9. The van der Waals surface area contributed by atoms with Gasteiger partial charge in [-0.1, -0.05) is 11.2 Å². The minimum Gasteiger partial charge on any atom is -0.397 e. The monoisotopic (exact) mass is 350 g/mol. The molecule has 0 bridgehead atoms. The summed E-state index contributed by atoms with van der Waals surface area (Å²) in [5, 5.41) is 6.95. The van der Waals surface area contributed by atoms with E-state index >= 15 is 0 Å². The second-order valence-corrected chi connectivity index (χ2v) is 6.07. The van der Waals surface area contributed by atoms with Crippen LogP contribution in [0.5, 0.6) is 0 Å². The van der Waals surface area contributed by atoms with Crippen molar-refractivity contribution in [1.82, 2.24) is 15.1 Å². The Morgan fingerprint density at radius 2 is 2.20 bits per heavy atom. The Labute approximate surface area is 128 Å². The van der Waals surface area contributed by atoms with Crippen LogP contribution in [0.3, 0.4) is 0 Å². The van der Waals surface area contributed by atoms with E-state index in [1.165, 1.54) is 0 Å². The Hall–Kier alpha value is -1.73. The maximum absolute atomic E-state index is 5.99. The van der Waals surface area contributed by atoms with E-state index < -0.39 is 0 Å². The molecule has 1 aromatic carbocycles. The fourth-order valence-electron chi connectivity index (χ4n) is 1.78. The molecule has 2 N–H and O–H groups in total. The lowest BCUT2D eigenvalue weighted by Gasteiger charge is -2.01. The minimum absolute atomic E-state index is 0.423. The molecule has 0 fully saturated rings. The van der Waals surface area contributed by atoms with Crippen LogP contribution in [0.4, 0.5) is 5.69 Å². The maximum Gasteiger partial charge on any atom is 0.260 e. The van der Waals surface area contributed by atoms with E-state index in [9.17, 15) is 0 Å². The number of aromatic nitrogens is 3. The van der Waals surface area contributed by atoms with E-state index in [0.717, 1.165) is 20.7 Å². The first-order chi connectivity index (χ1) is 9.63. The number of rotatable bonds is 3. The fourth-order valence-corrected chi connectivity index (χ4v) is 2.91. The van der Waals surface area contributed by atoms with E-state index in [0.29, 0.717) is 23.8 Å². The minimum atomic E-state index is 0.423. The maximum atomic E-state index is 5.99. The summed E-state index contributed by atoms with van der Waals surface area (Å²) in [6.07, 6.45) is 0.565. The lowest BCUT2D eigenvalue weighted by Crippen LogP contribution is -1.93. The molecule has 20 heavy (non-hydrogen) atoms. The number of benzene rings is 1. The summed E-state index contributed by atoms with van der Waals surface area (Å²) >= 11 is 4.97. The highest BCUT2D eigenvalue weighted by molar-refractivity contribution is 9.10. The van der Waals surface area contributed by atoms with Crippen molar-refractivity contribution in [3.8, 4) is 11.5 Å². The van der Waals surface area contributed by atoms with Gasteiger partial charge in [-0.15, -0.1) is 11.3 Å². The first-order valence-corrected chi connectivity index (χ1v) is 7.58. The van der Waals surface area contributed by atoms with Crippen molar-refractivity contribution in [3.05, 3.63) is 44.6 Å². The van der Waals surface area contributed by atoms with Crippen molar-refractivity contribution in [2.45, 2.75) is 13.3 Å². The molecular formula is C13H11BrN4OS. The van der Waals surface area contributed by atoms with Crippen molar-refractivity contribution >= 4 is 33.0 Å². The molecule has 0 aliphatic carbocycles. The van der Waals surface area contributed by atoms with Crippen LogP contribution in [0, 0.1) is 6.92 Å². The van der Waals surface area contributed by atoms with Gasteiger partial charge in [0, 0.05) is 15.5 Å². The summed E-state index contributed by atoms with van der Waals surface area (Å²) in [6, 6.07) is 5.60. The van der Waals surface area contributed by atoms with Crippen LogP contribution in [-0.4, -0.2) is 15.1 Å². The van der Waals surface area contributed by atoms with Gasteiger partial charge < -0.3 is 10.3 Å². The summed E-state index contributed by atoms with van der Waals surface area (Å²) in [6.45, 7) is 1.96. The molecule has 5 nitrogen and oxygen atoms in total. The quantitative estimate of drug-likeness (QED) is 0.732. The number of hydrogen-bond donors (Lipinski definition) is 1. The number of thiazole rings is 1. The molecule has 3 aromatic rings. The number of halogens is 1. The first kappa shape index (κ1) is 13.3. The largest absolute Gasteiger partial charge is 0.397 e. The second kappa shape index (κ2) is 5.34. The van der Waals surface area contributed by atoms with Crippen molar-refractivity contribution in [2.75, 3.05) is 5.73 Å². The molecule has 0 spiro atoms. The Kier molecular flexibility index (Phi) is 3.54. The molecule has 102 valence electrons. The zero-order valence-electron chi connectivity index (χ0n) is 10.6. The lowest BCUT2D eigenvalue weighted by atomic mass is 10.2. The molecule has 0 atom stereocenters. The van der Waals surface area contributed by atoms with Crippen LogP contribution in [0.1, 0.15) is 16.5 Å². The third-order valence-corrected chi connectivity index (χ3v) is 4.39. The third-order valence-electron chi connectivity index (χ3n) is 2.73. The lowest BCUT2D eigenvalue weighted by molar-refractivity contribution is 0.424. The molecule has 0 aliphatic heterocycles. The number of nitrogens with zero attached hydrogens (tertiary/aromatic N) is 3. The summed E-state index contributed by atoms with van der Waals surface area (Å²) in [5.74, 6) is 1.03. The highest BCUT2D eigenvalue weighted by Crippen LogP contribution is 2.30. The van der Waals surface area contributed by atoms with E-state index in [-0.39, 0.29) is 0 Å². The molecule has 3 rings (SSSR count). The van der Waals surface area contributed by atoms with Gasteiger partial charge in [0.05, 0.1) is 17.7 Å². The number of aryl methyl sites for hydroxylation is 1. The van der Waals surface area contributed by atoms with Crippen molar-refractivity contribution in [2.24, 2.45) is 0 Å². The van der Waals surface area contributed by atoms with Crippen LogP contribution in [0.2, 0.25) is 0 Å². The zero-order valence-corrected chi connectivity index (χ0v) is 13.0. The topological polar surface area (TPSA) is 77.8 Å². The van der Waals surface area contributed by atoms with Gasteiger partial charge in [-0.3, -0.25) is 0 Å². The average molecular weight is 351 g/mol. The molecule has 7 heteroatoms. The standard InChI is InChI=1S/C13H11BrN4OS/c1-7-6-20-11(16-7)5-10-17-13(19-18-10)8-3-2-4-9(14)12(8)15/h2-4,6H,5,15H2,1H3. The number of para-hydroxylation sites is 1. The number of hydrogen-bond acceptors (Lipinski definition) is 6. The average Bonchev–Trinajstić information content (AvgIpc) is 3.03. The van der Waals surface area contributed by atoms with Gasteiger partial charge in [-0.2, -0.15) is 4.98 Å². The van der Waals surface area contributed by atoms with Gasteiger partial charge in [-0.05, 0) is 35.0 Å². The van der Waals surface area contributed by atoms with E-state index in [2.05, 4.69) is 31.1 Å². The Balaban J connectivity index is 1.88. The summed E-state index contributed by atoms with van der Waals surface area (Å²) in [4.78, 5) is 8.76. The Morgan fingerprint density at radius 3 is 2.95 bits per heavy atom. The van der Waals surface area contributed by atoms with Crippen LogP contribution < -0.4 is 5.73 Å². The zero-order chi connectivity index (χ0) is 14.1. The Morgan fingerprint density at radius 1 is 1.35 bits per heavy atom. The van der Waals surface area contributed by atoms with E-state index in [4.69, 9.17) is 10.3 Å². The van der Waals surface area contributed by atoms with Gasteiger partial charge in [0.1, 0.15) is 5.01 Å². The molecule has 0 unspecified atom stereocenters. The summed E-state index contributed by atoms with van der Waals surface area (Å²) in [7, 11) is 0. The molecule has 0 saturated carbocycles. The molecule has 0 amide bonds. The van der Waals surface area contributed by atoms with E-state index in [1.807, 2.05) is 30.5 Å². The van der Waals surface area contributed by atoms with Gasteiger partial charge in [-0.25, -0.2) is 4.98 Å². The fraction of sp³-hybridized carbons (Fsp3) is 0.154. The predicted octanol–water partition coefficient (Wildman–Crippen LogP) is 3.44. The van der Waals surface area contributed by atoms with Crippen LogP contribution in [0.25, 0.3) is 11.5 Å². The third kappa shape index (κ3) is 2.59. The molecular weight excluding hydrogens is 340 g/mol. The first-order valence-electron chi connectivity index (χ1n) is 5.91. The molecule has 0 saturated heterocycles.